The molecule has 0 atom stereocenters. The number of nitrogens with one attached hydrogen (secondary N) is 1. The number of rotatable bonds is 4. The summed E-state index contributed by atoms with van der Waals surface area (Å²) in [7, 11) is -3.57. The smallest absolute Gasteiger partial charge is 0.250 e. The molecule has 90 valence electrons. The number of nitrogens with two attached hydrogens (primary N) is 1. The molecular weight excluding hydrogens is 332 g/mol. The Labute approximate surface area is 112 Å². The number of thiocarbonyl (C=S) groups is 1. The molecular formula is C8H11BrN2O2S3. The van der Waals surface area contributed by atoms with Crippen molar-refractivity contribution in [3.63, 3.8) is 0 Å². The first-order chi connectivity index (χ1) is 7.15. The molecule has 1 aromatic rings. The van der Waals surface area contributed by atoms with Gasteiger partial charge < -0.3 is 5.73 Å². The van der Waals surface area contributed by atoms with Crippen LogP contribution in [0.1, 0.15) is 13.8 Å². The van der Waals surface area contributed by atoms with Gasteiger partial charge in [-0.15, -0.1) is 11.3 Å². The number of hydrogen-bond donors (Lipinski definition) is 2. The van der Waals surface area contributed by atoms with E-state index in [0.717, 1.165) is 15.1 Å². The highest BCUT2D eigenvalue weighted by molar-refractivity contribution is 9.11. The SMILES string of the molecule is CC(C)(NS(=O)(=O)c1ccc(Br)s1)C(N)=S. The zero-order valence-corrected chi connectivity index (χ0v) is 12.7. The summed E-state index contributed by atoms with van der Waals surface area (Å²) in [6, 6.07) is 3.19. The lowest BCUT2D eigenvalue weighted by Gasteiger charge is -2.23. The van der Waals surface area contributed by atoms with Crippen LogP contribution in [-0.2, 0) is 10.0 Å². The van der Waals surface area contributed by atoms with E-state index in [-0.39, 0.29) is 9.20 Å². The summed E-state index contributed by atoms with van der Waals surface area (Å²) in [4.78, 5) is 0.103. The van der Waals surface area contributed by atoms with Gasteiger partial charge in [0.25, 0.3) is 10.0 Å². The molecule has 8 heteroatoms. The average molecular weight is 343 g/mol. The van der Waals surface area contributed by atoms with Crippen LogP contribution in [0.5, 0.6) is 0 Å². The van der Waals surface area contributed by atoms with Crippen molar-refractivity contribution in [3.05, 3.63) is 15.9 Å². The van der Waals surface area contributed by atoms with Gasteiger partial charge in [-0.25, -0.2) is 8.42 Å². The van der Waals surface area contributed by atoms with Gasteiger partial charge >= 0.3 is 0 Å². The second-order valence-electron chi connectivity index (χ2n) is 3.65. The summed E-state index contributed by atoms with van der Waals surface area (Å²) in [5, 5.41) is 0. The molecule has 0 aromatic carbocycles. The molecule has 0 bridgehead atoms. The second kappa shape index (κ2) is 4.69. The summed E-state index contributed by atoms with van der Waals surface area (Å²) in [6.45, 7) is 3.24. The minimum absolute atomic E-state index is 0.103. The molecule has 0 unspecified atom stereocenters. The van der Waals surface area contributed by atoms with Gasteiger partial charge in [0.15, 0.2) is 0 Å². The Bertz CT molecular complexity index is 507. The van der Waals surface area contributed by atoms with Crippen LogP contribution in [0.2, 0.25) is 0 Å². The minimum atomic E-state index is -3.57. The van der Waals surface area contributed by atoms with Gasteiger partial charge in [-0.1, -0.05) is 12.2 Å². The predicted octanol–water partition coefficient (Wildman–Crippen LogP) is 1.85. The van der Waals surface area contributed by atoms with E-state index in [1.54, 1.807) is 19.9 Å². The van der Waals surface area contributed by atoms with E-state index in [2.05, 4.69) is 20.7 Å². The maximum Gasteiger partial charge on any atom is 0.250 e. The quantitative estimate of drug-likeness (QED) is 0.819. The number of thiophene rings is 1. The van der Waals surface area contributed by atoms with Gasteiger partial charge in [0, 0.05) is 0 Å². The van der Waals surface area contributed by atoms with Crippen LogP contribution in [0, 0.1) is 0 Å². The molecule has 0 aliphatic carbocycles. The third-order valence-corrected chi connectivity index (χ3v) is 6.10. The van der Waals surface area contributed by atoms with Crippen LogP contribution in [-0.4, -0.2) is 18.9 Å². The normalized spacial score (nSPS) is 12.7. The lowest BCUT2D eigenvalue weighted by Crippen LogP contribution is -2.51. The van der Waals surface area contributed by atoms with Crippen molar-refractivity contribution in [3.8, 4) is 0 Å². The maximum absolute atomic E-state index is 11.9. The first-order valence-corrected chi connectivity index (χ1v) is 7.74. The Balaban J connectivity index is 3.02. The van der Waals surface area contributed by atoms with Crippen molar-refractivity contribution in [2.45, 2.75) is 23.6 Å². The Morgan fingerprint density at radius 1 is 1.56 bits per heavy atom. The summed E-state index contributed by atoms with van der Waals surface area (Å²) < 4.78 is 27.3. The van der Waals surface area contributed by atoms with Crippen molar-refractivity contribution >= 4 is 54.5 Å². The van der Waals surface area contributed by atoms with Crippen molar-refractivity contribution in [2.24, 2.45) is 5.73 Å². The Morgan fingerprint density at radius 2 is 2.12 bits per heavy atom. The summed E-state index contributed by atoms with van der Waals surface area (Å²) in [5.41, 5.74) is 4.52. The van der Waals surface area contributed by atoms with Crippen LogP contribution in [0.3, 0.4) is 0 Å². The molecule has 0 fully saturated rings. The van der Waals surface area contributed by atoms with E-state index < -0.39 is 15.6 Å². The molecule has 0 saturated carbocycles. The lowest BCUT2D eigenvalue weighted by atomic mass is 10.1. The molecule has 1 aromatic heterocycles. The molecule has 0 saturated heterocycles. The van der Waals surface area contributed by atoms with Gasteiger partial charge in [-0.05, 0) is 41.9 Å². The fraction of sp³-hybridized carbons (Fsp3) is 0.375. The van der Waals surface area contributed by atoms with E-state index >= 15 is 0 Å². The van der Waals surface area contributed by atoms with E-state index in [1.165, 1.54) is 6.07 Å². The summed E-state index contributed by atoms with van der Waals surface area (Å²) in [6.07, 6.45) is 0. The van der Waals surface area contributed by atoms with Crippen molar-refractivity contribution < 1.29 is 8.42 Å². The zero-order valence-electron chi connectivity index (χ0n) is 8.65. The first kappa shape index (κ1) is 14.0. The highest BCUT2D eigenvalue weighted by Gasteiger charge is 2.29. The molecule has 0 amide bonds. The molecule has 16 heavy (non-hydrogen) atoms. The first-order valence-electron chi connectivity index (χ1n) is 4.24. The van der Waals surface area contributed by atoms with Crippen LogP contribution in [0.15, 0.2) is 20.1 Å². The topological polar surface area (TPSA) is 72.2 Å². The third kappa shape index (κ3) is 3.24. The van der Waals surface area contributed by atoms with Crippen molar-refractivity contribution in [1.82, 2.24) is 4.72 Å². The Hall–Kier alpha value is -0.0200. The van der Waals surface area contributed by atoms with Gasteiger partial charge in [-0.3, -0.25) is 0 Å². The minimum Gasteiger partial charge on any atom is -0.392 e. The maximum atomic E-state index is 11.9. The monoisotopic (exact) mass is 342 g/mol. The van der Waals surface area contributed by atoms with Gasteiger partial charge in [0.1, 0.15) is 4.21 Å². The largest absolute Gasteiger partial charge is 0.392 e. The van der Waals surface area contributed by atoms with E-state index in [9.17, 15) is 8.42 Å². The van der Waals surface area contributed by atoms with Crippen molar-refractivity contribution in [1.29, 1.82) is 0 Å². The average Bonchev–Trinajstić information content (AvgIpc) is 2.50. The van der Waals surface area contributed by atoms with E-state index in [1.807, 2.05) is 0 Å². The molecule has 1 rings (SSSR count). The third-order valence-electron chi connectivity index (χ3n) is 1.82. The highest BCUT2D eigenvalue weighted by Crippen LogP contribution is 2.26. The summed E-state index contributed by atoms with van der Waals surface area (Å²) >= 11 is 9.14. The summed E-state index contributed by atoms with van der Waals surface area (Å²) in [5.74, 6) is 0. The number of hydrogen-bond acceptors (Lipinski definition) is 4. The fourth-order valence-corrected chi connectivity index (χ4v) is 4.40. The molecule has 4 nitrogen and oxygen atoms in total. The van der Waals surface area contributed by atoms with Crippen molar-refractivity contribution in [2.75, 3.05) is 0 Å². The van der Waals surface area contributed by atoms with Gasteiger partial charge in [0.2, 0.25) is 0 Å². The molecule has 0 aliphatic rings. The zero-order chi connectivity index (χ0) is 12.6. The highest BCUT2D eigenvalue weighted by atomic mass is 79.9. The molecule has 0 spiro atoms. The van der Waals surface area contributed by atoms with Crippen LogP contribution >= 0.6 is 39.5 Å². The molecule has 1 heterocycles. The Kier molecular flexibility index (Phi) is 4.12. The van der Waals surface area contributed by atoms with Crippen LogP contribution < -0.4 is 10.5 Å². The van der Waals surface area contributed by atoms with Gasteiger partial charge in [-0.2, -0.15) is 4.72 Å². The standard InChI is InChI=1S/C8H11BrN2O2S3/c1-8(2,7(10)14)11-16(12,13)6-4-3-5(9)15-6/h3-4,11H,1-2H3,(H2,10,14). The molecule has 3 N–H and O–H groups in total. The Morgan fingerprint density at radius 3 is 2.50 bits per heavy atom. The molecule has 0 radical (unpaired) electrons. The second-order valence-corrected chi connectivity index (χ2v) is 8.47. The van der Waals surface area contributed by atoms with E-state index in [0.29, 0.717) is 0 Å². The lowest BCUT2D eigenvalue weighted by molar-refractivity contribution is 0.548. The van der Waals surface area contributed by atoms with Gasteiger partial charge in [0.05, 0.1) is 14.3 Å². The van der Waals surface area contributed by atoms with Crippen LogP contribution in [0.4, 0.5) is 0 Å². The fourth-order valence-electron chi connectivity index (χ4n) is 0.879. The van der Waals surface area contributed by atoms with Crippen LogP contribution in [0.25, 0.3) is 0 Å². The van der Waals surface area contributed by atoms with E-state index in [4.69, 9.17) is 18.0 Å². The number of halogens is 1. The number of sulfonamides is 1. The molecule has 0 aliphatic heterocycles. The predicted molar refractivity (Wildman–Crippen MR) is 73.2 cm³/mol.